The molecule has 1 aromatic carbocycles. The van der Waals surface area contributed by atoms with Crippen LogP contribution in [0.4, 0.5) is 5.69 Å². The lowest BCUT2D eigenvalue weighted by Crippen LogP contribution is -2.29. The SMILES string of the molecule is Nc1ccc(OCC(=O)NCCCC(=O)O)cc1. The van der Waals surface area contributed by atoms with E-state index in [-0.39, 0.29) is 18.9 Å². The summed E-state index contributed by atoms with van der Waals surface area (Å²) in [4.78, 5) is 21.6. The van der Waals surface area contributed by atoms with Gasteiger partial charge < -0.3 is 20.9 Å². The first-order valence-electron chi connectivity index (χ1n) is 5.55. The number of carbonyl (C=O) groups excluding carboxylic acids is 1. The van der Waals surface area contributed by atoms with E-state index in [4.69, 9.17) is 15.6 Å². The zero-order valence-electron chi connectivity index (χ0n) is 9.89. The van der Waals surface area contributed by atoms with Gasteiger partial charge in [0.2, 0.25) is 0 Å². The van der Waals surface area contributed by atoms with Gasteiger partial charge in [0, 0.05) is 18.7 Å². The molecule has 6 nitrogen and oxygen atoms in total. The molecule has 0 heterocycles. The number of rotatable bonds is 7. The third kappa shape index (κ3) is 5.74. The number of ether oxygens (including phenoxy) is 1. The Labute approximate surface area is 105 Å². The smallest absolute Gasteiger partial charge is 0.303 e. The van der Waals surface area contributed by atoms with Gasteiger partial charge in [-0.3, -0.25) is 9.59 Å². The number of nitrogens with two attached hydrogens (primary N) is 1. The number of amides is 1. The summed E-state index contributed by atoms with van der Waals surface area (Å²) >= 11 is 0. The molecule has 0 aliphatic heterocycles. The summed E-state index contributed by atoms with van der Waals surface area (Å²) in [5.41, 5.74) is 6.13. The molecule has 6 heteroatoms. The van der Waals surface area contributed by atoms with E-state index in [1.54, 1.807) is 24.3 Å². The fraction of sp³-hybridized carbons (Fsp3) is 0.333. The van der Waals surface area contributed by atoms with Crippen molar-refractivity contribution in [1.82, 2.24) is 5.32 Å². The highest BCUT2D eigenvalue weighted by Crippen LogP contribution is 2.12. The van der Waals surface area contributed by atoms with Crippen LogP contribution in [-0.2, 0) is 9.59 Å². The molecule has 0 bridgehead atoms. The summed E-state index contributed by atoms with van der Waals surface area (Å²) in [6, 6.07) is 6.71. The van der Waals surface area contributed by atoms with Crippen molar-refractivity contribution in [2.45, 2.75) is 12.8 Å². The summed E-state index contributed by atoms with van der Waals surface area (Å²) in [5.74, 6) is -0.593. The van der Waals surface area contributed by atoms with Crippen molar-refractivity contribution in [2.24, 2.45) is 0 Å². The summed E-state index contributed by atoms with van der Waals surface area (Å²) in [6.07, 6.45) is 0.446. The number of hydrogen-bond donors (Lipinski definition) is 3. The van der Waals surface area contributed by atoms with E-state index >= 15 is 0 Å². The van der Waals surface area contributed by atoms with Gasteiger partial charge in [0.25, 0.3) is 5.91 Å². The quantitative estimate of drug-likeness (QED) is 0.488. The van der Waals surface area contributed by atoms with E-state index in [9.17, 15) is 9.59 Å². The molecule has 0 spiro atoms. The molecule has 0 radical (unpaired) electrons. The maximum atomic E-state index is 11.3. The number of anilines is 1. The molecule has 0 aromatic heterocycles. The van der Waals surface area contributed by atoms with Gasteiger partial charge in [-0.2, -0.15) is 0 Å². The largest absolute Gasteiger partial charge is 0.484 e. The van der Waals surface area contributed by atoms with Crippen molar-refractivity contribution in [3.8, 4) is 5.75 Å². The molecule has 0 unspecified atom stereocenters. The molecule has 1 aromatic rings. The maximum absolute atomic E-state index is 11.3. The number of benzene rings is 1. The molecule has 4 N–H and O–H groups in total. The fourth-order valence-corrected chi connectivity index (χ4v) is 1.23. The molecule has 98 valence electrons. The van der Waals surface area contributed by atoms with Crippen molar-refractivity contribution in [2.75, 3.05) is 18.9 Å². The Kier molecular flexibility index (Phi) is 5.50. The third-order valence-corrected chi connectivity index (χ3v) is 2.14. The number of aliphatic carboxylic acids is 1. The van der Waals surface area contributed by atoms with Gasteiger partial charge in [-0.1, -0.05) is 0 Å². The van der Waals surface area contributed by atoms with Crippen molar-refractivity contribution in [3.63, 3.8) is 0 Å². The predicted molar refractivity (Wildman–Crippen MR) is 66.2 cm³/mol. The lowest BCUT2D eigenvalue weighted by atomic mass is 10.3. The number of hydrogen-bond acceptors (Lipinski definition) is 4. The minimum atomic E-state index is -0.873. The Bertz CT molecular complexity index is 403. The number of carbonyl (C=O) groups is 2. The second-order valence-corrected chi connectivity index (χ2v) is 3.70. The highest BCUT2D eigenvalue weighted by molar-refractivity contribution is 5.77. The van der Waals surface area contributed by atoms with E-state index in [1.807, 2.05) is 0 Å². The van der Waals surface area contributed by atoms with Gasteiger partial charge in [-0.05, 0) is 30.7 Å². The number of carboxylic acids is 1. The summed E-state index contributed by atoms with van der Waals surface area (Å²) in [6.45, 7) is 0.229. The monoisotopic (exact) mass is 252 g/mol. The van der Waals surface area contributed by atoms with Crippen LogP contribution in [0.3, 0.4) is 0 Å². The number of carboxylic acid groups (broad SMARTS) is 1. The highest BCUT2D eigenvalue weighted by Gasteiger charge is 2.03. The maximum Gasteiger partial charge on any atom is 0.303 e. The van der Waals surface area contributed by atoms with Gasteiger partial charge in [0.05, 0.1) is 0 Å². The first-order chi connectivity index (χ1) is 8.58. The summed E-state index contributed by atoms with van der Waals surface area (Å²) in [5, 5.41) is 11.0. The highest BCUT2D eigenvalue weighted by atomic mass is 16.5. The minimum absolute atomic E-state index is 0.0408. The van der Waals surface area contributed by atoms with Crippen molar-refractivity contribution in [3.05, 3.63) is 24.3 Å². The van der Waals surface area contributed by atoms with Crippen molar-refractivity contribution < 1.29 is 19.4 Å². The van der Waals surface area contributed by atoms with Gasteiger partial charge in [0.1, 0.15) is 5.75 Å². The van der Waals surface area contributed by atoms with Gasteiger partial charge >= 0.3 is 5.97 Å². The number of nitrogens with one attached hydrogen (secondary N) is 1. The van der Waals surface area contributed by atoms with Crippen molar-refractivity contribution in [1.29, 1.82) is 0 Å². The first-order valence-corrected chi connectivity index (χ1v) is 5.55. The van der Waals surface area contributed by atoms with Gasteiger partial charge in [-0.15, -0.1) is 0 Å². The molecule has 0 atom stereocenters. The van der Waals surface area contributed by atoms with E-state index in [1.165, 1.54) is 0 Å². The van der Waals surface area contributed by atoms with Gasteiger partial charge in [-0.25, -0.2) is 0 Å². The van der Waals surface area contributed by atoms with Crippen LogP contribution in [0, 0.1) is 0 Å². The third-order valence-electron chi connectivity index (χ3n) is 2.14. The van der Waals surface area contributed by atoms with Gasteiger partial charge in [0.15, 0.2) is 6.61 Å². The van der Waals surface area contributed by atoms with Crippen molar-refractivity contribution >= 4 is 17.6 Å². The molecule has 0 saturated carbocycles. The summed E-state index contributed by atoms with van der Waals surface area (Å²) in [7, 11) is 0. The predicted octanol–water partition coefficient (Wildman–Crippen LogP) is 0.629. The molecule has 0 aliphatic carbocycles. The van der Waals surface area contributed by atoms with E-state index in [0.29, 0.717) is 24.4 Å². The van der Waals surface area contributed by atoms with Crippen LogP contribution in [-0.4, -0.2) is 30.1 Å². The normalized spacial score (nSPS) is 9.78. The minimum Gasteiger partial charge on any atom is -0.484 e. The Morgan fingerprint density at radius 3 is 2.56 bits per heavy atom. The van der Waals surface area contributed by atoms with Crippen LogP contribution in [0.2, 0.25) is 0 Å². The molecule has 0 saturated heterocycles. The molecule has 1 rings (SSSR count). The second kappa shape index (κ2) is 7.16. The fourth-order valence-electron chi connectivity index (χ4n) is 1.23. The molecule has 0 aliphatic rings. The van der Waals surface area contributed by atoms with Crippen LogP contribution in [0.1, 0.15) is 12.8 Å². The zero-order valence-corrected chi connectivity index (χ0v) is 9.89. The average molecular weight is 252 g/mol. The summed E-state index contributed by atoms with van der Waals surface area (Å²) < 4.78 is 5.22. The average Bonchev–Trinajstić information content (AvgIpc) is 2.34. The second-order valence-electron chi connectivity index (χ2n) is 3.70. The van der Waals surface area contributed by atoms with Crippen LogP contribution >= 0.6 is 0 Å². The standard InChI is InChI=1S/C12H16N2O4/c13-9-3-5-10(6-4-9)18-8-11(15)14-7-1-2-12(16)17/h3-6H,1-2,7-8,13H2,(H,14,15)(H,16,17). The molecular formula is C12H16N2O4. The molecule has 18 heavy (non-hydrogen) atoms. The van der Waals surface area contributed by atoms with E-state index in [0.717, 1.165) is 0 Å². The Balaban J connectivity index is 2.17. The van der Waals surface area contributed by atoms with Crippen LogP contribution in [0.25, 0.3) is 0 Å². The van der Waals surface area contributed by atoms with E-state index in [2.05, 4.69) is 5.32 Å². The van der Waals surface area contributed by atoms with Crippen LogP contribution < -0.4 is 15.8 Å². The lowest BCUT2D eigenvalue weighted by molar-refractivity contribution is -0.137. The van der Waals surface area contributed by atoms with Crippen LogP contribution in [0.15, 0.2) is 24.3 Å². The topological polar surface area (TPSA) is 102 Å². The number of nitrogen functional groups attached to an aromatic ring is 1. The molecular weight excluding hydrogens is 236 g/mol. The van der Waals surface area contributed by atoms with E-state index < -0.39 is 5.97 Å². The molecule has 0 fully saturated rings. The van der Waals surface area contributed by atoms with Crippen LogP contribution in [0.5, 0.6) is 5.75 Å². The first kappa shape index (κ1) is 13.8. The Morgan fingerprint density at radius 1 is 1.28 bits per heavy atom. The lowest BCUT2D eigenvalue weighted by Gasteiger charge is -2.07. The zero-order chi connectivity index (χ0) is 13.4. The Hall–Kier alpha value is -2.24. The molecule has 1 amide bonds. The Morgan fingerprint density at radius 2 is 1.94 bits per heavy atom.